The number of benzene rings is 1. The zero-order valence-electron chi connectivity index (χ0n) is 10.4. The molecule has 19 heavy (non-hydrogen) atoms. The summed E-state index contributed by atoms with van der Waals surface area (Å²) < 4.78 is 8.36. The average Bonchev–Trinajstić information content (AvgIpc) is 3.01. The highest BCUT2D eigenvalue weighted by molar-refractivity contribution is 7.71. The predicted molar refractivity (Wildman–Crippen MR) is 79.5 cm³/mol. The Bertz CT molecular complexity index is 743. The van der Waals surface area contributed by atoms with Gasteiger partial charge in [0.2, 0.25) is 0 Å². The predicted octanol–water partition coefficient (Wildman–Crippen LogP) is 3.60. The number of H-pyrrole nitrogens is 1. The first kappa shape index (κ1) is 12.4. The number of nitrogens with one attached hydrogen (secondary N) is 1. The van der Waals surface area contributed by atoms with Crippen LogP contribution in [0.2, 0.25) is 0 Å². The van der Waals surface area contributed by atoms with Crippen LogP contribution in [-0.2, 0) is 6.54 Å². The molecule has 2 heterocycles. The summed E-state index contributed by atoms with van der Waals surface area (Å²) in [5.74, 6) is 0.837. The van der Waals surface area contributed by atoms with Crippen LogP contribution in [0.25, 0.3) is 11.0 Å². The van der Waals surface area contributed by atoms with Crippen LogP contribution >= 0.6 is 23.6 Å². The standard InChI is InChI=1S/C13H13N3OS2/c1-2-17-10-5-3-4-9-12(10)15-13(18)16(9)8-11-14-6-7-19-11/h3-7H,2,8H2,1H3,(H,15,18). The Hall–Kier alpha value is -1.66. The molecule has 0 aliphatic rings. The number of aromatic nitrogens is 3. The minimum absolute atomic E-state index is 0.636. The topological polar surface area (TPSA) is 42.8 Å². The van der Waals surface area contributed by atoms with Gasteiger partial charge in [0, 0.05) is 11.6 Å². The third-order valence-corrected chi connectivity index (χ3v) is 3.94. The van der Waals surface area contributed by atoms with Crippen LogP contribution in [0.5, 0.6) is 5.75 Å². The van der Waals surface area contributed by atoms with Crippen LogP contribution < -0.4 is 4.74 Å². The molecule has 0 saturated heterocycles. The van der Waals surface area contributed by atoms with Gasteiger partial charge in [0.15, 0.2) is 4.77 Å². The van der Waals surface area contributed by atoms with Crippen LogP contribution in [0, 0.1) is 4.77 Å². The summed E-state index contributed by atoms with van der Waals surface area (Å²) in [6.45, 7) is 3.30. The first-order valence-corrected chi connectivity index (χ1v) is 7.31. The molecule has 0 atom stereocenters. The maximum absolute atomic E-state index is 5.62. The number of fused-ring (bicyclic) bond motifs is 1. The molecule has 3 rings (SSSR count). The number of hydrogen-bond acceptors (Lipinski definition) is 4. The minimum Gasteiger partial charge on any atom is -0.492 e. The smallest absolute Gasteiger partial charge is 0.178 e. The van der Waals surface area contributed by atoms with Crippen molar-refractivity contribution in [2.75, 3.05) is 6.61 Å². The number of ether oxygens (including phenoxy) is 1. The highest BCUT2D eigenvalue weighted by Gasteiger charge is 2.10. The normalized spacial score (nSPS) is 11.0. The quantitative estimate of drug-likeness (QED) is 0.747. The van der Waals surface area contributed by atoms with E-state index in [0.717, 1.165) is 21.8 Å². The van der Waals surface area contributed by atoms with Gasteiger partial charge < -0.3 is 14.3 Å². The van der Waals surface area contributed by atoms with Crippen molar-refractivity contribution in [3.05, 3.63) is 39.6 Å². The molecule has 2 aromatic heterocycles. The summed E-state index contributed by atoms with van der Waals surface area (Å²) in [4.78, 5) is 7.53. The molecule has 4 nitrogen and oxygen atoms in total. The number of aromatic amines is 1. The maximum Gasteiger partial charge on any atom is 0.178 e. The summed E-state index contributed by atoms with van der Waals surface area (Å²) in [5.41, 5.74) is 2.00. The third-order valence-electron chi connectivity index (χ3n) is 2.85. The second-order valence-corrected chi connectivity index (χ2v) is 5.39. The Morgan fingerprint density at radius 2 is 2.37 bits per heavy atom. The van der Waals surface area contributed by atoms with Crippen LogP contribution in [-0.4, -0.2) is 21.1 Å². The number of imidazole rings is 1. The number of thiazole rings is 1. The van der Waals surface area contributed by atoms with Gasteiger partial charge in [-0.1, -0.05) is 6.07 Å². The Balaban J connectivity index is 2.12. The van der Waals surface area contributed by atoms with Gasteiger partial charge in [-0.3, -0.25) is 0 Å². The van der Waals surface area contributed by atoms with E-state index in [9.17, 15) is 0 Å². The molecule has 0 radical (unpaired) electrons. The molecule has 0 aliphatic carbocycles. The van der Waals surface area contributed by atoms with Crippen LogP contribution in [0.1, 0.15) is 11.9 Å². The van der Waals surface area contributed by atoms with Crippen molar-refractivity contribution in [2.45, 2.75) is 13.5 Å². The highest BCUT2D eigenvalue weighted by atomic mass is 32.1. The Morgan fingerprint density at radius 3 is 3.11 bits per heavy atom. The van der Waals surface area contributed by atoms with Crippen molar-refractivity contribution in [2.24, 2.45) is 0 Å². The van der Waals surface area contributed by atoms with E-state index in [4.69, 9.17) is 17.0 Å². The van der Waals surface area contributed by atoms with Gasteiger partial charge in [-0.15, -0.1) is 11.3 Å². The molecule has 1 N–H and O–H groups in total. The number of hydrogen-bond donors (Lipinski definition) is 1. The molecule has 0 bridgehead atoms. The van der Waals surface area contributed by atoms with E-state index in [0.29, 0.717) is 17.9 Å². The van der Waals surface area contributed by atoms with E-state index in [1.807, 2.05) is 41.3 Å². The number of nitrogens with zero attached hydrogens (tertiary/aromatic N) is 2. The molecule has 98 valence electrons. The third kappa shape index (κ3) is 2.29. The minimum atomic E-state index is 0.636. The van der Waals surface area contributed by atoms with Gasteiger partial charge >= 0.3 is 0 Å². The largest absolute Gasteiger partial charge is 0.492 e. The van der Waals surface area contributed by atoms with Crippen LogP contribution in [0.15, 0.2) is 29.8 Å². The second-order valence-electron chi connectivity index (χ2n) is 4.03. The van der Waals surface area contributed by atoms with E-state index >= 15 is 0 Å². The highest BCUT2D eigenvalue weighted by Crippen LogP contribution is 2.25. The Labute approximate surface area is 119 Å². The van der Waals surface area contributed by atoms with Crippen molar-refractivity contribution >= 4 is 34.6 Å². The van der Waals surface area contributed by atoms with Crippen LogP contribution in [0.4, 0.5) is 0 Å². The molecule has 0 saturated carbocycles. The molecule has 6 heteroatoms. The molecule has 0 spiro atoms. The molecule has 3 aromatic rings. The van der Waals surface area contributed by atoms with E-state index < -0.39 is 0 Å². The lowest BCUT2D eigenvalue weighted by molar-refractivity contribution is 0.343. The van der Waals surface area contributed by atoms with Crippen molar-refractivity contribution in [3.63, 3.8) is 0 Å². The van der Waals surface area contributed by atoms with Gasteiger partial charge in [0.25, 0.3) is 0 Å². The monoisotopic (exact) mass is 291 g/mol. The summed E-state index contributed by atoms with van der Waals surface area (Å²) in [5, 5.41) is 3.01. The summed E-state index contributed by atoms with van der Waals surface area (Å²) in [6, 6.07) is 5.97. The first-order chi connectivity index (χ1) is 9.29. The van der Waals surface area contributed by atoms with Gasteiger partial charge in [-0.05, 0) is 31.3 Å². The summed E-state index contributed by atoms with van der Waals surface area (Å²) >= 11 is 7.03. The molecular weight excluding hydrogens is 278 g/mol. The van der Waals surface area contributed by atoms with Gasteiger partial charge in [0.1, 0.15) is 16.3 Å². The molecular formula is C13H13N3OS2. The molecule has 0 unspecified atom stereocenters. The zero-order chi connectivity index (χ0) is 13.2. The molecule has 1 aromatic carbocycles. The molecule has 0 aliphatic heterocycles. The fourth-order valence-corrected chi connectivity index (χ4v) is 2.92. The van der Waals surface area contributed by atoms with Gasteiger partial charge in [0.05, 0.1) is 18.7 Å². The number of para-hydroxylation sites is 1. The Kier molecular flexibility index (Phi) is 3.35. The van der Waals surface area contributed by atoms with E-state index in [1.54, 1.807) is 11.3 Å². The van der Waals surface area contributed by atoms with Gasteiger partial charge in [-0.2, -0.15) is 0 Å². The first-order valence-electron chi connectivity index (χ1n) is 6.02. The van der Waals surface area contributed by atoms with E-state index in [-0.39, 0.29) is 0 Å². The van der Waals surface area contributed by atoms with Gasteiger partial charge in [-0.25, -0.2) is 4.98 Å². The zero-order valence-corrected chi connectivity index (χ0v) is 12.1. The molecule has 0 amide bonds. The number of rotatable bonds is 4. The van der Waals surface area contributed by atoms with Crippen molar-refractivity contribution in [3.8, 4) is 5.75 Å². The second kappa shape index (κ2) is 5.14. The average molecular weight is 291 g/mol. The van der Waals surface area contributed by atoms with E-state index in [2.05, 4.69) is 9.97 Å². The van der Waals surface area contributed by atoms with Crippen molar-refractivity contribution in [1.82, 2.24) is 14.5 Å². The molecule has 0 fully saturated rings. The Morgan fingerprint density at radius 1 is 1.47 bits per heavy atom. The van der Waals surface area contributed by atoms with Crippen molar-refractivity contribution < 1.29 is 4.74 Å². The summed E-state index contributed by atoms with van der Waals surface area (Å²) in [7, 11) is 0. The lowest BCUT2D eigenvalue weighted by atomic mass is 10.3. The summed E-state index contributed by atoms with van der Waals surface area (Å²) in [6.07, 6.45) is 1.81. The van der Waals surface area contributed by atoms with Crippen molar-refractivity contribution in [1.29, 1.82) is 0 Å². The lowest BCUT2D eigenvalue weighted by Gasteiger charge is -2.05. The maximum atomic E-state index is 5.62. The lowest BCUT2D eigenvalue weighted by Crippen LogP contribution is -1.99. The SMILES string of the molecule is CCOc1cccc2c1[nH]c(=S)n2Cc1nccs1. The van der Waals surface area contributed by atoms with E-state index in [1.165, 1.54) is 0 Å². The van der Waals surface area contributed by atoms with Crippen LogP contribution in [0.3, 0.4) is 0 Å². The fourth-order valence-electron chi connectivity index (χ4n) is 2.05. The fraction of sp³-hybridized carbons (Fsp3) is 0.231.